The van der Waals surface area contributed by atoms with Crippen LogP contribution in [0.4, 0.5) is 0 Å². The minimum atomic E-state index is 0.220. The molecule has 3 nitrogen and oxygen atoms in total. The molecular weight excluding hydrogens is 222 g/mol. The van der Waals surface area contributed by atoms with Gasteiger partial charge in [0.25, 0.3) is 0 Å². The van der Waals surface area contributed by atoms with Crippen LogP contribution in [0.1, 0.15) is 44.1 Å². The average Bonchev–Trinajstić information content (AvgIpc) is 2.24. The number of aryl methyl sites for hydroxylation is 2. The minimum Gasteiger partial charge on any atom is -0.313 e. The maximum Gasteiger partial charge on any atom is 0.0420 e. The van der Waals surface area contributed by atoms with E-state index in [1.807, 2.05) is 6.92 Å². The summed E-state index contributed by atoms with van der Waals surface area (Å²) in [4.78, 5) is 4.47. The van der Waals surface area contributed by atoms with E-state index in [2.05, 4.69) is 55.4 Å². The zero-order chi connectivity index (χ0) is 13.6. The predicted octanol–water partition coefficient (Wildman–Crippen LogP) is 2.57. The first kappa shape index (κ1) is 15.1. The predicted molar refractivity (Wildman–Crippen MR) is 77.8 cm³/mol. The van der Waals surface area contributed by atoms with Crippen molar-refractivity contribution in [1.82, 2.24) is 15.6 Å². The third-order valence-electron chi connectivity index (χ3n) is 2.84. The summed E-state index contributed by atoms with van der Waals surface area (Å²) in [6, 6.07) is 4.24. The smallest absolute Gasteiger partial charge is 0.0420 e. The van der Waals surface area contributed by atoms with Gasteiger partial charge in [0.2, 0.25) is 0 Å². The third-order valence-corrected chi connectivity index (χ3v) is 2.84. The van der Waals surface area contributed by atoms with E-state index in [9.17, 15) is 0 Å². The van der Waals surface area contributed by atoms with E-state index in [4.69, 9.17) is 0 Å². The molecule has 0 aromatic carbocycles. The Bertz CT molecular complexity index is 366. The maximum atomic E-state index is 4.47. The lowest BCUT2D eigenvalue weighted by atomic mass is 10.1. The first-order valence-corrected chi connectivity index (χ1v) is 6.77. The van der Waals surface area contributed by atoms with Crippen LogP contribution in [0.15, 0.2) is 12.1 Å². The van der Waals surface area contributed by atoms with Gasteiger partial charge in [-0.2, -0.15) is 0 Å². The number of nitrogens with zero attached hydrogens (tertiary/aromatic N) is 1. The monoisotopic (exact) mass is 249 g/mol. The molecule has 3 heteroatoms. The first-order chi connectivity index (χ1) is 8.38. The van der Waals surface area contributed by atoms with Gasteiger partial charge in [0.05, 0.1) is 0 Å². The molecule has 1 heterocycles. The highest BCUT2D eigenvalue weighted by molar-refractivity contribution is 5.21. The number of aromatic nitrogens is 1. The van der Waals surface area contributed by atoms with Gasteiger partial charge in [-0.15, -0.1) is 0 Å². The van der Waals surface area contributed by atoms with Crippen molar-refractivity contribution in [2.24, 2.45) is 0 Å². The normalized spacial score (nSPS) is 11.8. The summed E-state index contributed by atoms with van der Waals surface area (Å²) in [7, 11) is 0. The van der Waals surface area contributed by atoms with Gasteiger partial charge in [0.1, 0.15) is 0 Å². The fourth-order valence-electron chi connectivity index (χ4n) is 1.80. The highest BCUT2D eigenvalue weighted by Gasteiger charge is 2.06. The molecule has 1 rings (SSSR count). The molecule has 0 aliphatic heterocycles. The van der Waals surface area contributed by atoms with E-state index >= 15 is 0 Å². The lowest BCUT2D eigenvalue weighted by Crippen LogP contribution is -2.37. The third kappa shape index (κ3) is 6.12. The second-order valence-electron chi connectivity index (χ2n) is 5.90. The van der Waals surface area contributed by atoms with Gasteiger partial charge in [-0.1, -0.05) is 6.07 Å². The summed E-state index contributed by atoms with van der Waals surface area (Å²) in [6.07, 6.45) is 1.15. The van der Waals surface area contributed by atoms with Crippen molar-refractivity contribution < 1.29 is 0 Å². The highest BCUT2D eigenvalue weighted by atomic mass is 14.9. The summed E-state index contributed by atoms with van der Waals surface area (Å²) in [5.41, 5.74) is 3.74. The van der Waals surface area contributed by atoms with Crippen LogP contribution in [-0.2, 0) is 6.54 Å². The summed E-state index contributed by atoms with van der Waals surface area (Å²) >= 11 is 0. The Kier molecular flexibility index (Phi) is 5.76. The summed E-state index contributed by atoms with van der Waals surface area (Å²) < 4.78 is 0. The molecule has 102 valence electrons. The van der Waals surface area contributed by atoms with Gasteiger partial charge in [0.15, 0.2) is 0 Å². The molecule has 0 atom stereocenters. The largest absolute Gasteiger partial charge is 0.313 e. The second kappa shape index (κ2) is 6.86. The molecule has 1 aromatic rings. The Labute approximate surface area is 111 Å². The molecule has 2 N–H and O–H groups in total. The van der Waals surface area contributed by atoms with Gasteiger partial charge < -0.3 is 10.6 Å². The Morgan fingerprint density at radius 1 is 1.11 bits per heavy atom. The quantitative estimate of drug-likeness (QED) is 0.761. The van der Waals surface area contributed by atoms with Gasteiger partial charge >= 0.3 is 0 Å². The van der Waals surface area contributed by atoms with Crippen LogP contribution in [0.3, 0.4) is 0 Å². The maximum absolute atomic E-state index is 4.47. The van der Waals surface area contributed by atoms with Gasteiger partial charge in [-0.05, 0) is 65.8 Å². The van der Waals surface area contributed by atoms with Crippen LogP contribution in [0.5, 0.6) is 0 Å². The Morgan fingerprint density at radius 2 is 1.83 bits per heavy atom. The SMILES string of the molecule is Cc1ccc(CNCCCNC(C)(C)C)c(C)n1. The van der Waals surface area contributed by atoms with E-state index in [1.54, 1.807) is 0 Å². The van der Waals surface area contributed by atoms with Gasteiger partial charge in [-0.25, -0.2) is 0 Å². The van der Waals surface area contributed by atoms with Crippen LogP contribution in [-0.4, -0.2) is 23.6 Å². The Morgan fingerprint density at radius 3 is 2.44 bits per heavy atom. The van der Waals surface area contributed by atoms with Crippen LogP contribution >= 0.6 is 0 Å². The van der Waals surface area contributed by atoms with Crippen molar-refractivity contribution in [1.29, 1.82) is 0 Å². The highest BCUT2D eigenvalue weighted by Crippen LogP contribution is 2.05. The van der Waals surface area contributed by atoms with Crippen LogP contribution in [0.25, 0.3) is 0 Å². The first-order valence-electron chi connectivity index (χ1n) is 6.77. The molecule has 18 heavy (non-hydrogen) atoms. The van der Waals surface area contributed by atoms with Crippen molar-refractivity contribution in [3.05, 3.63) is 29.1 Å². The van der Waals surface area contributed by atoms with E-state index in [-0.39, 0.29) is 5.54 Å². The number of nitrogens with one attached hydrogen (secondary N) is 2. The summed E-state index contributed by atoms with van der Waals surface area (Å²) in [5.74, 6) is 0. The molecule has 0 fully saturated rings. The van der Waals surface area contributed by atoms with Crippen LogP contribution in [0, 0.1) is 13.8 Å². The van der Waals surface area contributed by atoms with E-state index in [0.717, 1.165) is 37.4 Å². The molecule has 0 radical (unpaired) electrons. The van der Waals surface area contributed by atoms with Crippen molar-refractivity contribution in [3.63, 3.8) is 0 Å². The topological polar surface area (TPSA) is 37.0 Å². The zero-order valence-electron chi connectivity index (χ0n) is 12.4. The second-order valence-corrected chi connectivity index (χ2v) is 5.90. The van der Waals surface area contributed by atoms with Crippen LogP contribution < -0.4 is 10.6 Å². The van der Waals surface area contributed by atoms with Crippen LogP contribution in [0.2, 0.25) is 0 Å². The van der Waals surface area contributed by atoms with Crippen molar-refractivity contribution in [2.75, 3.05) is 13.1 Å². The molecule has 0 bridgehead atoms. The van der Waals surface area contributed by atoms with E-state index in [1.165, 1.54) is 5.56 Å². The van der Waals surface area contributed by atoms with E-state index in [0.29, 0.717) is 0 Å². The van der Waals surface area contributed by atoms with Gasteiger partial charge in [0, 0.05) is 23.5 Å². The van der Waals surface area contributed by atoms with E-state index < -0.39 is 0 Å². The Hall–Kier alpha value is -0.930. The minimum absolute atomic E-state index is 0.220. The molecular formula is C15H27N3. The lowest BCUT2D eigenvalue weighted by molar-refractivity contribution is 0.418. The average molecular weight is 249 g/mol. The molecule has 0 saturated heterocycles. The van der Waals surface area contributed by atoms with Crippen molar-refractivity contribution in [2.45, 2.75) is 53.1 Å². The van der Waals surface area contributed by atoms with Crippen molar-refractivity contribution in [3.8, 4) is 0 Å². The summed E-state index contributed by atoms with van der Waals surface area (Å²) in [6.45, 7) is 13.7. The fourth-order valence-corrected chi connectivity index (χ4v) is 1.80. The summed E-state index contributed by atoms with van der Waals surface area (Å²) in [5, 5.41) is 6.96. The number of rotatable bonds is 6. The Balaban J connectivity index is 2.18. The standard InChI is InChI=1S/C15H27N3/c1-12-7-8-14(13(2)18-12)11-16-9-6-10-17-15(3,4)5/h7-8,16-17H,6,9-11H2,1-5H3. The van der Waals surface area contributed by atoms with Crippen molar-refractivity contribution >= 4 is 0 Å². The molecule has 0 aliphatic rings. The molecule has 0 unspecified atom stereocenters. The fraction of sp³-hybridized carbons (Fsp3) is 0.667. The molecule has 0 saturated carbocycles. The van der Waals surface area contributed by atoms with Gasteiger partial charge in [-0.3, -0.25) is 4.98 Å². The number of hydrogen-bond acceptors (Lipinski definition) is 3. The molecule has 1 aromatic heterocycles. The zero-order valence-corrected chi connectivity index (χ0v) is 12.4. The molecule has 0 amide bonds. The number of hydrogen-bond donors (Lipinski definition) is 2. The molecule has 0 aliphatic carbocycles. The molecule has 0 spiro atoms. The lowest BCUT2D eigenvalue weighted by Gasteiger charge is -2.20. The number of pyridine rings is 1.